The number of nitrogens with one attached hydrogen (secondary N) is 1. The van der Waals surface area contributed by atoms with Gasteiger partial charge < -0.3 is 14.8 Å². The van der Waals surface area contributed by atoms with Gasteiger partial charge in [0, 0.05) is 12.1 Å². The Kier molecular flexibility index (Phi) is 4.82. The van der Waals surface area contributed by atoms with Gasteiger partial charge in [-0.3, -0.25) is 0 Å². The van der Waals surface area contributed by atoms with Crippen LogP contribution in [0.4, 0.5) is 10.1 Å². The molecule has 106 valence electrons. The van der Waals surface area contributed by atoms with Crippen molar-refractivity contribution >= 4 is 5.69 Å². The predicted molar refractivity (Wildman–Crippen MR) is 77.9 cm³/mol. The van der Waals surface area contributed by atoms with E-state index in [1.165, 1.54) is 6.07 Å². The molecule has 0 heterocycles. The first-order valence-corrected chi connectivity index (χ1v) is 6.53. The van der Waals surface area contributed by atoms with Gasteiger partial charge in [0.05, 0.1) is 19.4 Å². The number of benzene rings is 2. The second-order valence-electron chi connectivity index (χ2n) is 4.21. The second-order valence-corrected chi connectivity index (χ2v) is 4.21. The van der Waals surface area contributed by atoms with Gasteiger partial charge in [0.25, 0.3) is 0 Å². The predicted octanol–water partition coefficient (Wildman–Crippen LogP) is 3.85. The molecule has 0 saturated carbocycles. The SMILES string of the molecule is CCOc1cccc(CNc2ccccc2F)c1OC. The van der Waals surface area contributed by atoms with Crippen molar-refractivity contribution in [2.24, 2.45) is 0 Å². The molecule has 0 aliphatic carbocycles. The Morgan fingerprint density at radius 2 is 1.90 bits per heavy atom. The summed E-state index contributed by atoms with van der Waals surface area (Å²) in [6.45, 7) is 2.95. The van der Waals surface area contributed by atoms with Crippen LogP contribution in [0.5, 0.6) is 11.5 Å². The Hall–Kier alpha value is -2.23. The van der Waals surface area contributed by atoms with E-state index in [-0.39, 0.29) is 5.82 Å². The summed E-state index contributed by atoms with van der Waals surface area (Å²) in [5.41, 5.74) is 1.39. The lowest BCUT2D eigenvalue weighted by Gasteiger charge is -2.14. The average Bonchev–Trinajstić information content (AvgIpc) is 2.47. The Labute approximate surface area is 118 Å². The third-order valence-electron chi connectivity index (χ3n) is 2.91. The van der Waals surface area contributed by atoms with Crippen molar-refractivity contribution in [3.8, 4) is 11.5 Å². The molecule has 4 heteroatoms. The maximum atomic E-state index is 13.6. The minimum absolute atomic E-state index is 0.271. The zero-order chi connectivity index (χ0) is 14.4. The van der Waals surface area contributed by atoms with E-state index in [0.717, 1.165) is 5.56 Å². The van der Waals surface area contributed by atoms with Gasteiger partial charge in [-0.2, -0.15) is 0 Å². The zero-order valence-corrected chi connectivity index (χ0v) is 11.7. The van der Waals surface area contributed by atoms with Gasteiger partial charge in [-0.05, 0) is 25.1 Å². The molecule has 0 atom stereocenters. The van der Waals surface area contributed by atoms with E-state index in [1.54, 1.807) is 25.3 Å². The van der Waals surface area contributed by atoms with Crippen LogP contribution in [0.25, 0.3) is 0 Å². The summed E-state index contributed by atoms with van der Waals surface area (Å²) in [5.74, 6) is 1.11. The molecule has 2 aromatic carbocycles. The van der Waals surface area contributed by atoms with Crippen LogP contribution in [0.2, 0.25) is 0 Å². The standard InChI is InChI=1S/C16H18FNO2/c1-3-20-15-10-6-7-12(16(15)19-2)11-18-14-9-5-4-8-13(14)17/h4-10,18H,3,11H2,1-2H3. The van der Waals surface area contributed by atoms with Gasteiger partial charge in [0.15, 0.2) is 11.5 Å². The van der Waals surface area contributed by atoms with E-state index in [9.17, 15) is 4.39 Å². The molecular weight excluding hydrogens is 257 g/mol. The molecular formula is C16H18FNO2. The van der Waals surface area contributed by atoms with Gasteiger partial charge >= 0.3 is 0 Å². The van der Waals surface area contributed by atoms with E-state index in [2.05, 4.69) is 5.32 Å². The van der Waals surface area contributed by atoms with E-state index < -0.39 is 0 Å². The first-order valence-electron chi connectivity index (χ1n) is 6.53. The molecule has 0 amide bonds. The van der Waals surface area contributed by atoms with Crippen LogP contribution in [0.15, 0.2) is 42.5 Å². The Morgan fingerprint density at radius 3 is 2.60 bits per heavy atom. The van der Waals surface area contributed by atoms with Gasteiger partial charge in [-0.25, -0.2) is 4.39 Å². The third-order valence-corrected chi connectivity index (χ3v) is 2.91. The van der Waals surface area contributed by atoms with Gasteiger partial charge in [-0.1, -0.05) is 24.3 Å². The van der Waals surface area contributed by atoms with Gasteiger partial charge in [0.1, 0.15) is 5.82 Å². The quantitative estimate of drug-likeness (QED) is 0.868. The van der Waals surface area contributed by atoms with Crippen LogP contribution in [0.3, 0.4) is 0 Å². The van der Waals surface area contributed by atoms with Crippen molar-refractivity contribution in [1.82, 2.24) is 0 Å². The molecule has 0 aromatic heterocycles. The zero-order valence-electron chi connectivity index (χ0n) is 11.7. The van der Waals surface area contributed by atoms with Crippen LogP contribution < -0.4 is 14.8 Å². The van der Waals surface area contributed by atoms with Crippen molar-refractivity contribution in [1.29, 1.82) is 0 Å². The molecule has 0 radical (unpaired) electrons. The van der Waals surface area contributed by atoms with Crippen molar-refractivity contribution in [3.63, 3.8) is 0 Å². The van der Waals surface area contributed by atoms with Crippen LogP contribution in [-0.4, -0.2) is 13.7 Å². The molecule has 2 rings (SSSR count). The Balaban J connectivity index is 2.17. The summed E-state index contributed by atoms with van der Waals surface area (Å²) in [4.78, 5) is 0. The third kappa shape index (κ3) is 3.20. The first-order chi connectivity index (χ1) is 9.76. The number of rotatable bonds is 6. The molecule has 0 aliphatic heterocycles. The fraction of sp³-hybridized carbons (Fsp3) is 0.250. The average molecular weight is 275 g/mol. The largest absolute Gasteiger partial charge is 0.493 e. The normalized spacial score (nSPS) is 10.2. The minimum atomic E-state index is -0.271. The van der Waals surface area contributed by atoms with Crippen molar-refractivity contribution in [2.45, 2.75) is 13.5 Å². The van der Waals surface area contributed by atoms with E-state index in [4.69, 9.17) is 9.47 Å². The highest BCUT2D eigenvalue weighted by Crippen LogP contribution is 2.31. The van der Waals surface area contributed by atoms with Crippen molar-refractivity contribution in [2.75, 3.05) is 19.0 Å². The topological polar surface area (TPSA) is 30.5 Å². The highest BCUT2D eigenvalue weighted by Gasteiger charge is 2.10. The molecule has 1 N–H and O–H groups in total. The number of ether oxygens (including phenoxy) is 2. The lowest BCUT2D eigenvalue weighted by atomic mass is 10.1. The summed E-state index contributed by atoms with van der Waals surface area (Å²) in [5, 5.41) is 3.06. The van der Waals surface area contributed by atoms with Gasteiger partial charge in [-0.15, -0.1) is 0 Å². The molecule has 20 heavy (non-hydrogen) atoms. The molecule has 2 aromatic rings. The minimum Gasteiger partial charge on any atom is -0.493 e. The molecule has 0 fully saturated rings. The summed E-state index contributed by atoms with van der Waals surface area (Å²) in [6.07, 6.45) is 0. The van der Waals surface area contributed by atoms with Crippen molar-refractivity contribution < 1.29 is 13.9 Å². The Bertz CT molecular complexity index is 572. The number of methoxy groups -OCH3 is 1. The number of halogens is 1. The molecule has 0 saturated heterocycles. The monoisotopic (exact) mass is 275 g/mol. The van der Waals surface area contributed by atoms with Crippen LogP contribution in [0.1, 0.15) is 12.5 Å². The smallest absolute Gasteiger partial charge is 0.165 e. The van der Waals surface area contributed by atoms with E-state index in [1.807, 2.05) is 25.1 Å². The highest BCUT2D eigenvalue weighted by atomic mass is 19.1. The van der Waals surface area contributed by atoms with Crippen molar-refractivity contribution in [3.05, 3.63) is 53.8 Å². The fourth-order valence-corrected chi connectivity index (χ4v) is 2.00. The van der Waals surface area contributed by atoms with Crippen LogP contribution in [-0.2, 0) is 6.54 Å². The maximum Gasteiger partial charge on any atom is 0.165 e. The Morgan fingerprint density at radius 1 is 1.10 bits per heavy atom. The highest BCUT2D eigenvalue weighted by molar-refractivity contribution is 5.50. The summed E-state index contributed by atoms with van der Waals surface area (Å²) >= 11 is 0. The number of para-hydroxylation sites is 2. The van der Waals surface area contributed by atoms with Crippen LogP contribution in [0, 0.1) is 5.82 Å². The summed E-state index contributed by atoms with van der Waals surface area (Å²) < 4.78 is 24.5. The first kappa shape index (κ1) is 14.2. The lowest BCUT2D eigenvalue weighted by Crippen LogP contribution is -2.04. The van der Waals surface area contributed by atoms with E-state index in [0.29, 0.717) is 30.3 Å². The van der Waals surface area contributed by atoms with E-state index >= 15 is 0 Å². The maximum absolute atomic E-state index is 13.6. The molecule has 3 nitrogen and oxygen atoms in total. The molecule has 0 bridgehead atoms. The molecule has 0 spiro atoms. The number of hydrogen-bond acceptors (Lipinski definition) is 3. The summed E-state index contributed by atoms with van der Waals surface area (Å²) in [6, 6.07) is 12.3. The number of anilines is 1. The van der Waals surface area contributed by atoms with Crippen LogP contribution >= 0.6 is 0 Å². The molecule has 0 aliphatic rings. The number of hydrogen-bond donors (Lipinski definition) is 1. The fourth-order valence-electron chi connectivity index (χ4n) is 2.00. The molecule has 0 unspecified atom stereocenters. The lowest BCUT2D eigenvalue weighted by molar-refractivity contribution is 0.309. The van der Waals surface area contributed by atoms with Gasteiger partial charge in [0.2, 0.25) is 0 Å². The summed E-state index contributed by atoms with van der Waals surface area (Å²) in [7, 11) is 1.60. The second kappa shape index (κ2) is 6.80.